The molecule has 2 heteroatoms. The van der Waals surface area contributed by atoms with Gasteiger partial charge in [0.1, 0.15) is 0 Å². The highest BCUT2D eigenvalue weighted by atomic mass is 16.1. The van der Waals surface area contributed by atoms with E-state index in [1.54, 1.807) is 6.92 Å². The van der Waals surface area contributed by atoms with Crippen LogP contribution < -0.4 is 5.73 Å². The summed E-state index contributed by atoms with van der Waals surface area (Å²) in [5.41, 5.74) is 4.65. The predicted octanol–water partition coefficient (Wildman–Crippen LogP) is 2.86. The highest BCUT2D eigenvalue weighted by molar-refractivity contribution is 5.73. The largest absolute Gasteiger partial charge is 0.370 e. The second-order valence-corrected chi connectivity index (χ2v) is 2.59. The van der Waals surface area contributed by atoms with Crippen molar-refractivity contribution in [3.05, 3.63) is 0 Å². The molecule has 0 unspecified atom stereocenters. The summed E-state index contributed by atoms with van der Waals surface area (Å²) in [6.07, 6.45) is 7.94. The minimum absolute atomic E-state index is 0.245. The van der Waals surface area contributed by atoms with Crippen molar-refractivity contribution in [2.45, 2.75) is 59.3 Å². The molecule has 1 amide bonds. The summed E-state index contributed by atoms with van der Waals surface area (Å²) in [7, 11) is 0. The van der Waals surface area contributed by atoms with E-state index in [2.05, 4.69) is 5.73 Å². The Morgan fingerprint density at radius 1 is 1.08 bits per heavy atom. The molecule has 1 rings (SSSR count). The molecular weight excluding hydrogens is 150 g/mol. The first-order valence-electron chi connectivity index (χ1n) is 5.05. The lowest BCUT2D eigenvalue weighted by molar-refractivity contribution is -0.117. The van der Waals surface area contributed by atoms with Crippen molar-refractivity contribution in [3.63, 3.8) is 0 Å². The van der Waals surface area contributed by atoms with Gasteiger partial charge >= 0.3 is 0 Å². The first-order chi connectivity index (χ1) is 5.77. The molecule has 0 aromatic heterocycles. The zero-order valence-electron chi connectivity index (χ0n) is 8.73. The van der Waals surface area contributed by atoms with Gasteiger partial charge in [0.25, 0.3) is 0 Å². The fraction of sp³-hybridized carbons (Fsp3) is 0.900. The molecule has 1 aliphatic carbocycles. The molecule has 1 fully saturated rings. The van der Waals surface area contributed by atoms with Gasteiger partial charge < -0.3 is 5.73 Å². The minimum Gasteiger partial charge on any atom is -0.370 e. The number of primary amides is 1. The van der Waals surface area contributed by atoms with Crippen molar-refractivity contribution in [1.29, 1.82) is 0 Å². The van der Waals surface area contributed by atoms with E-state index in [-0.39, 0.29) is 5.91 Å². The molecule has 74 valence electrons. The van der Waals surface area contributed by atoms with E-state index < -0.39 is 0 Å². The lowest BCUT2D eigenvalue weighted by Gasteiger charge is -1.73. The van der Waals surface area contributed by atoms with Crippen LogP contribution in [0.2, 0.25) is 0 Å². The molecule has 0 radical (unpaired) electrons. The van der Waals surface area contributed by atoms with Crippen molar-refractivity contribution in [2.24, 2.45) is 5.73 Å². The standard InChI is InChI=1S/C5H10.C3H7NO.C2H6/c1-2-4-5-3-1;1-2-3(4)5;1-2/h1-5H2;2H2,1H3,(H2,4,5);1-2H3. The lowest BCUT2D eigenvalue weighted by Crippen LogP contribution is -2.06. The fourth-order valence-electron chi connectivity index (χ4n) is 0.884. The van der Waals surface area contributed by atoms with E-state index >= 15 is 0 Å². The van der Waals surface area contributed by atoms with Crippen LogP contribution in [0, 0.1) is 0 Å². The van der Waals surface area contributed by atoms with Gasteiger partial charge in [-0.15, -0.1) is 0 Å². The van der Waals surface area contributed by atoms with Gasteiger partial charge in [-0.2, -0.15) is 0 Å². The number of hydrogen-bond donors (Lipinski definition) is 1. The highest BCUT2D eigenvalue weighted by Gasteiger charge is 1.95. The second-order valence-electron chi connectivity index (χ2n) is 2.59. The quantitative estimate of drug-likeness (QED) is 0.651. The average Bonchev–Trinajstić information content (AvgIpc) is 2.65. The number of amides is 1. The van der Waals surface area contributed by atoms with Crippen molar-refractivity contribution in [2.75, 3.05) is 0 Å². The van der Waals surface area contributed by atoms with E-state index in [9.17, 15) is 4.79 Å². The number of carbonyl (C=O) groups is 1. The van der Waals surface area contributed by atoms with Gasteiger partial charge in [0.2, 0.25) is 5.91 Å². The van der Waals surface area contributed by atoms with Gasteiger partial charge in [0.15, 0.2) is 0 Å². The van der Waals surface area contributed by atoms with Crippen LogP contribution in [-0.4, -0.2) is 5.91 Å². The van der Waals surface area contributed by atoms with E-state index in [1.165, 1.54) is 32.1 Å². The number of hydrogen-bond acceptors (Lipinski definition) is 1. The third kappa shape index (κ3) is 16.2. The van der Waals surface area contributed by atoms with Gasteiger partial charge in [-0.1, -0.05) is 52.9 Å². The Morgan fingerprint density at radius 3 is 1.33 bits per heavy atom. The van der Waals surface area contributed by atoms with Crippen LogP contribution in [-0.2, 0) is 4.79 Å². The maximum atomic E-state index is 9.59. The number of nitrogens with two attached hydrogens (primary N) is 1. The van der Waals surface area contributed by atoms with E-state index in [0.717, 1.165) is 0 Å². The topological polar surface area (TPSA) is 43.1 Å². The molecule has 0 aromatic carbocycles. The summed E-state index contributed by atoms with van der Waals surface area (Å²) in [4.78, 5) is 9.59. The average molecular weight is 173 g/mol. The van der Waals surface area contributed by atoms with Crippen LogP contribution >= 0.6 is 0 Å². The normalized spacial score (nSPS) is 13.6. The molecule has 2 N–H and O–H groups in total. The summed E-state index contributed by atoms with van der Waals surface area (Å²) >= 11 is 0. The van der Waals surface area contributed by atoms with Gasteiger partial charge in [-0.3, -0.25) is 4.79 Å². The Kier molecular flexibility index (Phi) is 15.3. The first kappa shape index (κ1) is 14.0. The third-order valence-electron chi connectivity index (χ3n) is 1.60. The third-order valence-corrected chi connectivity index (χ3v) is 1.60. The Hall–Kier alpha value is -0.530. The van der Waals surface area contributed by atoms with Crippen LogP contribution in [0.5, 0.6) is 0 Å². The predicted molar refractivity (Wildman–Crippen MR) is 53.9 cm³/mol. The van der Waals surface area contributed by atoms with Crippen molar-refractivity contribution in [1.82, 2.24) is 0 Å². The maximum Gasteiger partial charge on any atom is 0.217 e. The van der Waals surface area contributed by atoms with Crippen molar-refractivity contribution in [3.8, 4) is 0 Å². The molecule has 0 bridgehead atoms. The Morgan fingerprint density at radius 2 is 1.25 bits per heavy atom. The van der Waals surface area contributed by atoms with Crippen molar-refractivity contribution < 1.29 is 4.79 Å². The van der Waals surface area contributed by atoms with Crippen LogP contribution in [0.15, 0.2) is 0 Å². The second kappa shape index (κ2) is 13.1. The van der Waals surface area contributed by atoms with Gasteiger partial charge in [-0.05, 0) is 0 Å². The van der Waals surface area contributed by atoms with E-state index in [0.29, 0.717) is 6.42 Å². The van der Waals surface area contributed by atoms with Gasteiger partial charge in [0, 0.05) is 6.42 Å². The van der Waals surface area contributed by atoms with Crippen molar-refractivity contribution >= 4 is 5.91 Å². The Bertz CT molecular complexity index is 80.2. The smallest absolute Gasteiger partial charge is 0.217 e. The summed E-state index contributed by atoms with van der Waals surface area (Å²) in [5.74, 6) is -0.245. The van der Waals surface area contributed by atoms with Crippen LogP contribution in [0.3, 0.4) is 0 Å². The molecule has 1 saturated carbocycles. The summed E-state index contributed by atoms with van der Waals surface area (Å²) < 4.78 is 0. The summed E-state index contributed by atoms with van der Waals surface area (Å²) in [5, 5.41) is 0. The maximum absolute atomic E-state index is 9.59. The van der Waals surface area contributed by atoms with Crippen LogP contribution in [0.25, 0.3) is 0 Å². The molecule has 0 saturated heterocycles. The lowest BCUT2D eigenvalue weighted by atomic mass is 10.4. The molecule has 2 nitrogen and oxygen atoms in total. The fourth-order valence-corrected chi connectivity index (χ4v) is 0.884. The van der Waals surface area contributed by atoms with E-state index in [4.69, 9.17) is 0 Å². The zero-order valence-corrected chi connectivity index (χ0v) is 8.73. The molecule has 1 aliphatic rings. The molecule has 12 heavy (non-hydrogen) atoms. The molecular formula is C10H23NO. The molecule has 0 heterocycles. The Balaban J connectivity index is 0. The monoisotopic (exact) mass is 173 g/mol. The first-order valence-corrected chi connectivity index (χ1v) is 5.05. The number of carbonyl (C=O) groups excluding carboxylic acids is 1. The molecule has 0 aromatic rings. The minimum atomic E-state index is -0.245. The van der Waals surface area contributed by atoms with Gasteiger partial charge in [-0.25, -0.2) is 0 Å². The molecule has 0 aliphatic heterocycles. The number of rotatable bonds is 1. The van der Waals surface area contributed by atoms with Crippen LogP contribution in [0.1, 0.15) is 59.3 Å². The van der Waals surface area contributed by atoms with Gasteiger partial charge in [0.05, 0.1) is 0 Å². The summed E-state index contributed by atoms with van der Waals surface area (Å²) in [6.45, 7) is 5.72. The molecule has 0 spiro atoms. The zero-order chi connectivity index (χ0) is 9.82. The van der Waals surface area contributed by atoms with E-state index in [1.807, 2.05) is 13.8 Å². The Labute approximate surface area is 76.5 Å². The SMILES string of the molecule is C1CCCC1.CC.CCC(N)=O. The molecule has 0 atom stereocenters. The highest BCUT2D eigenvalue weighted by Crippen LogP contribution is 2.15. The van der Waals surface area contributed by atoms with Crippen LogP contribution in [0.4, 0.5) is 0 Å². The summed E-state index contributed by atoms with van der Waals surface area (Å²) in [6, 6.07) is 0.